The molecule has 0 aromatic heterocycles. The smallest absolute Gasteiger partial charge is 0.313 e. The van der Waals surface area contributed by atoms with E-state index >= 15 is 0 Å². The quantitative estimate of drug-likeness (QED) is 0.601. The molecule has 0 fully saturated rings. The predicted octanol–water partition coefficient (Wildman–Crippen LogP) is 1.66. The Balaban J connectivity index is 3.38. The lowest BCUT2D eigenvalue weighted by Gasteiger charge is -2.20. The molecule has 0 heterocycles. The first-order valence-corrected chi connectivity index (χ1v) is 4.48. The summed E-state index contributed by atoms with van der Waals surface area (Å²) in [5.41, 5.74) is -1.60. The first-order chi connectivity index (χ1) is 7.26. The number of carboxylic acids is 1. The lowest BCUT2D eigenvalue weighted by Crippen LogP contribution is -2.28. The van der Waals surface area contributed by atoms with E-state index in [0.29, 0.717) is 0 Å². The summed E-state index contributed by atoms with van der Waals surface area (Å²) >= 11 is 0. The SMILES string of the molecule is CC(C)(C(=O)O)c1cc([N+](=O)[O-])ccc1O. The molecule has 0 unspecified atom stereocenters. The summed E-state index contributed by atoms with van der Waals surface area (Å²) < 4.78 is 0. The molecule has 6 nitrogen and oxygen atoms in total. The van der Waals surface area contributed by atoms with Crippen LogP contribution in [0.2, 0.25) is 0 Å². The second-order valence-corrected chi connectivity index (χ2v) is 3.89. The third-order valence-corrected chi connectivity index (χ3v) is 2.40. The van der Waals surface area contributed by atoms with Crippen molar-refractivity contribution in [3.8, 4) is 5.75 Å². The van der Waals surface area contributed by atoms with Crippen LogP contribution < -0.4 is 0 Å². The zero-order chi connectivity index (χ0) is 12.5. The van der Waals surface area contributed by atoms with Gasteiger partial charge >= 0.3 is 5.97 Å². The van der Waals surface area contributed by atoms with E-state index in [1.807, 2.05) is 0 Å². The number of hydrogen-bond donors (Lipinski definition) is 2. The number of rotatable bonds is 3. The van der Waals surface area contributed by atoms with Crippen molar-refractivity contribution in [2.24, 2.45) is 0 Å². The van der Waals surface area contributed by atoms with E-state index in [0.717, 1.165) is 18.2 Å². The molecule has 86 valence electrons. The molecule has 0 aliphatic rings. The molecule has 0 aliphatic carbocycles. The highest BCUT2D eigenvalue weighted by atomic mass is 16.6. The molecule has 16 heavy (non-hydrogen) atoms. The predicted molar refractivity (Wildman–Crippen MR) is 55.4 cm³/mol. The molecular formula is C10H11NO5. The van der Waals surface area contributed by atoms with Gasteiger partial charge in [-0.05, 0) is 19.9 Å². The molecule has 0 amide bonds. The highest BCUT2D eigenvalue weighted by Crippen LogP contribution is 2.33. The van der Waals surface area contributed by atoms with Crippen LogP contribution in [-0.4, -0.2) is 21.1 Å². The minimum atomic E-state index is -1.38. The van der Waals surface area contributed by atoms with Crippen LogP contribution in [0.5, 0.6) is 5.75 Å². The van der Waals surface area contributed by atoms with E-state index in [2.05, 4.69) is 0 Å². The monoisotopic (exact) mass is 225 g/mol. The van der Waals surface area contributed by atoms with E-state index in [9.17, 15) is 20.0 Å². The second kappa shape index (κ2) is 3.80. The van der Waals surface area contributed by atoms with Crippen LogP contribution in [0.1, 0.15) is 19.4 Å². The average molecular weight is 225 g/mol. The molecule has 0 saturated carbocycles. The number of hydrogen-bond acceptors (Lipinski definition) is 4. The maximum Gasteiger partial charge on any atom is 0.313 e. The summed E-state index contributed by atoms with van der Waals surface area (Å²) in [6, 6.07) is 3.32. The maximum atomic E-state index is 11.0. The van der Waals surface area contributed by atoms with Crippen molar-refractivity contribution in [1.29, 1.82) is 0 Å². The van der Waals surface area contributed by atoms with Gasteiger partial charge in [-0.2, -0.15) is 0 Å². The van der Waals surface area contributed by atoms with Crippen molar-refractivity contribution in [2.75, 3.05) is 0 Å². The molecule has 0 bridgehead atoms. The third kappa shape index (κ3) is 1.95. The Morgan fingerprint density at radius 1 is 1.44 bits per heavy atom. The minimum absolute atomic E-state index is 0.0224. The Morgan fingerprint density at radius 3 is 2.44 bits per heavy atom. The largest absolute Gasteiger partial charge is 0.508 e. The van der Waals surface area contributed by atoms with Crippen molar-refractivity contribution in [3.05, 3.63) is 33.9 Å². The van der Waals surface area contributed by atoms with Gasteiger partial charge in [0, 0.05) is 17.7 Å². The number of phenolic OH excluding ortho intramolecular Hbond substituents is 1. The molecule has 0 radical (unpaired) electrons. The van der Waals surface area contributed by atoms with Gasteiger partial charge in [0.1, 0.15) is 5.75 Å². The van der Waals surface area contributed by atoms with Gasteiger partial charge < -0.3 is 10.2 Å². The Kier molecular flexibility index (Phi) is 2.84. The van der Waals surface area contributed by atoms with Gasteiger partial charge in [-0.15, -0.1) is 0 Å². The fraction of sp³-hybridized carbons (Fsp3) is 0.300. The summed E-state index contributed by atoms with van der Waals surface area (Å²) in [6.45, 7) is 2.74. The molecule has 2 N–H and O–H groups in total. The molecule has 1 rings (SSSR count). The van der Waals surface area contributed by atoms with E-state index in [1.54, 1.807) is 0 Å². The Bertz CT molecular complexity index is 453. The fourth-order valence-electron chi connectivity index (χ4n) is 1.25. The van der Waals surface area contributed by atoms with Crippen LogP contribution in [0, 0.1) is 10.1 Å². The first kappa shape index (κ1) is 12.0. The van der Waals surface area contributed by atoms with Gasteiger partial charge in [0.2, 0.25) is 0 Å². The number of aromatic hydroxyl groups is 1. The second-order valence-electron chi connectivity index (χ2n) is 3.89. The van der Waals surface area contributed by atoms with Crippen LogP contribution in [0.25, 0.3) is 0 Å². The molecular weight excluding hydrogens is 214 g/mol. The number of phenols is 1. The summed E-state index contributed by atoms with van der Waals surface area (Å²) in [5, 5.41) is 29.0. The number of nitrogens with zero attached hydrogens (tertiary/aromatic N) is 1. The van der Waals surface area contributed by atoms with Gasteiger partial charge in [-0.1, -0.05) is 0 Å². The van der Waals surface area contributed by atoms with Crippen molar-refractivity contribution in [3.63, 3.8) is 0 Å². The van der Waals surface area contributed by atoms with Crippen molar-refractivity contribution in [2.45, 2.75) is 19.3 Å². The molecule has 1 aromatic rings. The lowest BCUT2D eigenvalue weighted by molar-refractivity contribution is -0.385. The first-order valence-electron chi connectivity index (χ1n) is 4.48. The van der Waals surface area contributed by atoms with E-state index in [1.165, 1.54) is 13.8 Å². The van der Waals surface area contributed by atoms with Gasteiger partial charge in [-0.25, -0.2) is 0 Å². The van der Waals surface area contributed by atoms with Crippen LogP contribution in [0.3, 0.4) is 0 Å². The van der Waals surface area contributed by atoms with E-state index < -0.39 is 16.3 Å². The van der Waals surface area contributed by atoms with E-state index in [4.69, 9.17) is 5.11 Å². The summed E-state index contributed by atoms with van der Waals surface area (Å²) in [4.78, 5) is 20.9. The van der Waals surface area contributed by atoms with Crippen molar-refractivity contribution >= 4 is 11.7 Å². The number of aliphatic carboxylic acids is 1. The molecule has 1 aromatic carbocycles. The van der Waals surface area contributed by atoms with Crippen molar-refractivity contribution < 1.29 is 19.9 Å². The summed E-state index contributed by atoms with van der Waals surface area (Å²) in [6.07, 6.45) is 0. The van der Waals surface area contributed by atoms with Crippen LogP contribution in [-0.2, 0) is 10.2 Å². The topological polar surface area (TPSA) is 101 Å². The Hall–Kier alpha value is -2.11. The number of benzene rings is 1. The summed E-state index contributed by atoms with van der Waals surface area (Å²) in [5.74, 6) is -1.43. The molecule has 0 spiro atoms. The number of carboxylic acid groups (broad SMARTS) is 1. The third-order valence-electron chi connectivity index (χ3n) is 2.40. The van der Waals surface area contributed by atoms with Crippen LogP contribution in [0.15, 0.2) is 18.2 Å². The fourth-order valence-corrected chi connectivity index (χ4v) is 1.25. The summed E-state index contributed by atoms with van der Waals surface area (Å²) in [7, 11) is 0. The lowest BCUT2D eigenvalue weighted by atomic mass is 9.84. The molecule has 0 aliphatic heterocycles. The van der Waals surface area contributed by atoms with Gasteiger partial charge in [0.25, 0.3) is 5.69 Å². The van der Waals surface area contributed by atoms with Crippen LogP contribution in [0.4, 0.5) is 5.69 Å². The zero-order valence-corrected chi connectivity index (χ0v) is 8.80. The van der Waals surface area contributed by atoms with E-state index in [-0.39, 0.29) is 17.0 Å². The van der Waals surface area contributed by atoms with Gasteiger partial charge in [0.05, 0.1) is 10.3 Å². The van der Waals surface area contributed by atoms with Gasteiger partial charge in [-0.3, -0.25) is 14.9 Å². The Morgan fingerprint density at radius 2 is 2.00 bits per heavy atom. The molecule has 0 saturated heterocycles. The highest BCUT2D eigenvalue weighted by Gasteiger charge is 2.33. The van der Waals surface area contributed by atoms with Crippen molar-refractivity contribution in [1.82, 2.24) is 0 Å². The normalized spacial score (nSPS) is 11.1. The van der Waals surface area contributed by atoms with Crippen LogP contribution >= 0.6 is 0 Å². The van der Waals surface area contributed by atoms with Gasteiger partial charge in [0.15, 0.2) is 0 Å². The highest BCUT2D eigenvalue weighted by molar-refractivity contribution is 5.81. The average Bonchev–Trinajstić information content (AvgIpc) is 2.17. The molecule has 6 heteroatoms. The number of non-ortho nitro benzene ring substituents is 1. The Labute approximate surface area is 91.3 Å². The standard InChI is InChI=1S/C10H11NO5/c1-10(2,9(13)14)7-5-6(11(15)16)3-4-8(7)12/h3-5,12H,1-2H3,(H,13,14). The number of nitro benzene ring substituents is 1. The molecule has 0 atom stereocenters. The number of nitro groups is 1. The minimum Gasteiger partial charge on any atom is -0.508 e. The number of carbonyl (C=O) groups is 1. The maximum absolute atomic E-state index is 11.0. The zero-order valence-electron chi connectivity index (χ0n) is 8.80.